The molecule has 1 aromatic heterocycles. The minimum absolute atomic E-state index is 0.305. The van der Waals surface area contributed by atoms with E-state index in [1.165, 1.54) is 12.1 Å². The van der Waals surface area contributed by atoms with E-state index >= 15 is 4.39 Å². The largest absolute Gasteiger partial charge is 0.492 e. The van der Waals surface area contributed by atoms with Crippen LogP contribution in [0.4, 0.5) is 17.6 Å². The molecule has 0 aliphatic carbocycles. The number of pyridine rings is 1. The molecule has 0 saturated carbocycles. The lowest BCUT2D eigenvalue weighted by Gasteiger charge is -2.10. The van der Waals surface area contributed by atoms with Crippen LogP contribution in [0.15, 0.2) is 72.9 Å². The van der Waals surface area contributed by atoms with Gasteiger partial charge in [0.2, 0.25) is 0 Å². The first kappa shape index (κ1) is 21.8. The van der Waals surface area contributed by atoms with Crippen molar-refractivity contribution in [1.29, 1.82) is 0 Å². The number of aromatic nitrogens is 1. The fraction of sp³-hybridized carbons (Fsp3) is 0.192. The highest BCUT2D eigenvalue weighted by atomic mass is 19.4. The van der Waals surface area contributed by atoms with Gasteiger partial charge in [-0.1, -0.05) is 36.4 Å². The zero-order valence-corrected chi connectivity index (χ0v) is 17.4. The fourth-order valence-electron chi connectivity index (χ4n) is 3.63. The lowest BCUT2D eigenvalue weighted by Crippen LogP contribution is -2.04. The number of benzene rings is 3. The maximum absolute atomic E-state index is 15.1. The van der Waals surface area contributed by atoms with Crippen molar-refractivity contribution in [2.45, 2.75) is 25.9 Å². The predicted octanol–water partition coefficient (Wildman–Crippen LogP) is 7.24. The monoisotopic (exact) mass is 439 g/mol. The highest BCUT2D eigenvalue weighted by molar-refractivity contribution is 5.88. The molecule has 4 rings (SSSR count). The molecule has 0 fully saturated rings. The zero-order chi connectivity index (χ0) is 22.7. The Morgan fingerprint density at radius 1 is 0.875 bits per heavy atom. The summed E-state index contributed by atoms with van der Waals surface area (Å²) in [5.74, 6) is 0.390. The molecule has 0 atom stereocenters. The van der Waals surface area contributed by atoms with Crippen LogP contribution in [-0.4, -0.2) is 11.6 Å². The van der Waals surface area contributed by atoms with Crippen molar-refractivity contribution in [2.24, 2.45) is 0 Å². The highest BCUT2D eigenvalue weighted by Crippen LogP contribution is 2.30. The summed E-state index contributed by atoms with van der Waals surface area (Å²) < 4.78 is 58.6. The van der Waals surface area contributed by atoms with Gasteiger partial charge in [-0.15, -0.1) is 0 Å². The van der Waals surface area contributed by atoms with E-state index < -0.39 is 11.7 Å². The smallest absolute Gasteiger partial charge is 0.416 e. The third kappa shape index (κ3) is 4.74. The minimum atomic E-state index is -4.36. The van der Waals surface area contributed by atoms with Crippen LogP contribution in [0, 0.1) is 5.82 Å². The third-order valence-corrected chi connectivity index (χ3v) is 5.34. The Hall–Kier alpha value is -3.41. The first-order valence-corrected chi connectivity index (χ1v) is 10.3. The third-order valence-electron chi connectivity index (χ3n) is 5.34. The van der Waals surface area contributed by atoms with Gasteiger partial charge in [-0.3, -0.25) is 4.98 Å². The summed E-state index contributed by atoms with van der Waals surface area (Å²) in [6.45, 7) is 2.47. The van der Waals surface area contributed by atoms with Gasteiger partial charge in [0, 0.05) is 10.9 Å². The Morgan fingerprint density at radius 3 is 2.31 bits per heavy atom. The van der Waals surface area contributed by atoms with E-state index in [-0.39, 0.29) is 5.82 Å². The van der Waals surface area contributed by atoms with E-state index in [4.69, 9.17) is 4.74 Å². The van der Waals surface area contributed by atoms with Gasteiger partial charge in [-0.05, 0) is 66.6 Å². The van der Waals surface area contributed by atoms with E-state index in [2.05, 4.69) is 4.98 Å². The van der Waals surface area contributed by atoms with E-state index in [0.29, 0.717) is 36.1 Å². The van der Waals surface area contributed by atoms with Crippen molar-refractivity contribution in [3.05, 3.63) is 95.4 Å². The summed E-state index contributed by atoms with van der Waals surface area (Å²) in [6.07, 6.45) is -1.85. The average Bonchev–Trinajstić information content (AvgIpc) is 2.79. The van der Waals surface area contributed by atoms with Gasteiger partial charge in [0.15, 0.2) is 0 Å². The number of fused-ring (bicyclic) bond motifs is 1. The summed E-state index contributed by atoms with van der Waals surface area (Å²) in [7, 11) is 0. The first-order valence-electron chi connectivity index (χ1n) is 10.3. The molecule has 0 aliphatic heterocycles. The molecule has 0 radical (unpaired) electrons. The molecule has 0 bridgehead atoms. The van der Waals surface area contributed by atoms with Crippen LogP contribution < -0.4 is 4.74 Å². The van der Waals surface area contributed by atoms with Crippen LogP contribution in [0.25, 0.3) is 22.0 Å². The topological polar surface area (TPSA) is 22.1 Å². The molecule has 1 heterocycles. The molecule has 2 nitrogen and oxygen atoms in total. The van der Waals surface area contributed by atoms with Gasteiger partial charge in [0.1, 0.15) is 11.6 Å². The minimum Gasteiger partial charge on any atom is -0.492 e. The second kappa shape index (κ2) is 8.99. The number of aryl methyl sites for hydroxylation is 2. The number of alkyl halides is 3. The Kier molecular flexibility index (Phi) is 6.12. The van der Waals surface area contributed by atoms with Gasteiger partial charge in [0.05, 0.1) is 24.1 Å². The number of rotatable bonds is 6. The summed E-state index contributed by atoms with van der Waals surface area (Å²) in [4.78, 5) is 4.41. The van der Waals surface area contributed by atoms with Gasteiger partial charge >= 0.3 is 6.18 Å². The molecule has 0 aliphatic rings. The predicted molar refractivity (Wildman–Crippen MR) is 117 cm³/mol. The molecule has 32 heavy (non-hydrogen) atoms. The van der Waals surface area contributed by atoms with Crippen LogP contribution in [0.1, 0.15) is 23.6 Å². The van der Waals surface area contributed by atoms with Crippen LogP contribution in [-0.2, 0) is 19.0 Å². The van der Waals surface area contributed by atoms with Crippen molar-refractivity contribution in [1.82, 2.24) is 4.98 Å². The van der Waals surface area contributed by atoms with Gasteiger partial charge in [0.25, 0.3) is 0 Å². The highest BCUT2D eigenvalue weighted by Gasteiger charge is 2.29. The van der Waals surface area contributed by atoms with Crippen molar-refractivity contribution >= 4 is 10.8 Å². The Bertz CT molecular complexity index is 1220. The van der Waals surface area contributed by atoms with Crippen molar-refractivity contribution in [2.75, 3.05) is 6.61 Å². The number of hydrogen-bond donors (Lipinski definition) is 0. The lowest BCUT2D eigenvalue weighted by atomic mass is 9.98. The Balaban J connectivity index is 1.52. The number of halogens is 4. The van der Waals surface area contributed by atoms with E-state index in [1.807, 2.05) is 37.3 Å². The number of ether oxygens (including phenoxy) is 1. The van der Waals surface area contributed by atoms with Crippen LogP contribution in [0.5, 0.6) is 5.75 Å². The fourth-order valence-corrected chi connectivity index (χ4v) is 3.63. The summed E-state index contributed by atoms with van der Waals surface area (Å²) in [6, 6.07) is 17.8. The van der Waals surface area contributed by atoms with Crippen molar-refractivity contribution in [3.63, 3.8) is 0 Å². The first-order chi connectivity index (χ1) is 15.3. The van der Waals surface area contributed by atoms with Crippen LogP contribution in [0.2, 0.25) is 0 Å². The van der Waals surface area contributed by atoms with Gasteiger partial charge in [-0.2, -0.15) is 13.2 Å². The molecule has 0 amide bonds. The molecular weight excluding hydrogens is 418 g/mol. The normalized spacial score (nSPS) is 11.7. The Labute approximate surface area is 183 Å². The molecular formula is C26H21F4NO. The second-order valence-electron chi connectivity index (χ2n) is 7.48. The molecule has 164 valence electrons. The summed E-state index contributed by atoms with van der Waals surface area (Å²) in [5.41, 5.74) is 2.22. The number of nitrogens with zero attached hydrogens (tertiary/aromatic N) is 1. The molecule has 0 saturated heterocycles. The SMILES string of the molecule is CCOc1ccc(-c2ccc3c(F)c(CCc4ccc(C(F)(F)F)cc4)ccc3c2)nc1. The molecule has 4 aromatic rings. The van der Waals surface area contributed by atoms with Crippen molar-refractivity contribution in [3.8, 4) is 17.0 Å². The van der Waals surface area contributed by atoms with Gasteiger partial charge in [-0.25, -0.2) is 4.39 Å². The van der Waals surface area contributed by atoms with E-state index in [0.717, 1.165) is 34.3 Å². The van der Waals surface area contributed by atoms with Crippen molar-refractivity contribution < 1.29 is 22.3 Å². The van der Waals surface area contributed by atoms with E-state index in [9.17, 15) is 13.2 Å². The number of hydrogen-bond acceptors (Lipinski definition) is 2. The van der Waals surface area contributed by atoms with Gasteiger partial charge < -0.3 is 4.74 Å². The standard InChI is InChI=1S/C26H21F4NO/c1-2-32-22-12-14-24(31-16-22)20-9-13-23-19(15-20)8-7-18(25(23)27)6-3-17-4-10-21(11-5-17)26(28,29)30/h4-5,7-16H,2-3,6H2,1H3. The van der Waals surface area contributed by atoms with Crippen LogP contribution in [0.3, 0.4) is 0 Å². The maximum atomic E-state index is 15.1. The molecule has 6 heteroatoms. The lowest BCUT2D eigenvalue weighted by molar-refractivity contribution is -0.137. The zero-order valence-electron chi connectivity index (χ0n) is 17.4. The Morgan fingerprint density at radius 2 is 1.66 bits per heavy atom. The molecule has 0 N–H and O–H groups in total. The molecule has 0 spiro atoms. The van der Waals surface area contributed by atoms with Crippen LogP contribution >= 0.6 is 0 Å². The summed E-state index contributed by atoms with van der Waals surface area (Å²) in [5, 5.41) is 1.26. The molecule has 3 aromatic carbocycles. The second-order valence-corrected chi connectivity index (χ2v) is 7.48. The quantitative estimate of drug-likeness (QED) is 0.295. The molecule has 0 unspecified atom stereocenters. The maximum Gasteiger partial charge on any atom is 0.416 e. The van der Waals surface area contributed by atoms with E-state index in [1.54, 1.807) is 18.3 Å². The average molecular weight is 439 g/mol. The summed E-state index contributed by atoms with van der Waals surface area (Å²) >= 11 is 0.